The summed E-state index contributed by atoms with van der Waals surface area (Å²) in [4.78, 5) is 16.7. The van der Waals surface area contributed by atoms with Crippen LogP contribution in [-0.4, -0.2) is 30.1 Å². The van der Waals surface area contributed by atoms with Gasteiger partial charge in [0.1, 0.15) is 5.69 Å². The van der Waals surface area contributed by atoms with Gasteiger partial charge in [0.05, 0.1) is 12.1 Å². The highest BCUT2D eigenvalue weighted by molar-refractivity contribution is 5.93. The molecule has 4 nitrogen and oxygen atoms in total. The fourth-order valence-corrected chi connectivity index (χ4v) is 2.52. The highest BCUT2D eigenvalue weighted by Crippen LogP contribution is 2.35. The molecule has 0 aliphatic heterocycles. The number of aryl methyl sites for hydroxylation is 1. The van der Waals surface area contributed by atoms with Crippen molar-refractivity contribution in [3.63, 3.8) is 0 Å². The van der Waals surface area contributed by atoms with E-state index in [2.05, 4.69) is 31.1 Å². The first-order chi connectivity index (χ1) is 9.27. The average molecular weight is 276 g/mol. The van der Waals surface area contributed by atoms with Gasteiger partial charge < -0.3 is 10.1 Å². The predicted molar refractivity (Wildman–Crippen MR) is 79.0 cm³/mol. The maximum absolute atomic E-state index is 12.3. The van der Waals surface area contributed by atoms with Gasteiger partial charge in [0.2, 0.25) is 0 Å². The molecule has 0 radical (unpaired) electrons. The van der Waals surface area contributed by atoms with Crippen LogP contribution in [-0.2, 0) is 10.2 Å². The number of nitrogens with zero attached hydrogens (tertiary/aromatic N) is 1. The van der Waals surface area contributed by atoms with Crippen molar-refractivity contribution in [3.05, 3.63) is 29.1 Å². The van der Waals surface area contributed by atoms with Crippen LogP contribution < -0.4 is 5.32 Å². The van der Waals surface area contributed by atoms with Gasteiger partial charge in [-0.25, -0.2) is 4.98 Å². The lowest BCUT2D eigenvalue weighted by Crippen LogP contribution is -2.40. The van der Waals surface area contributed by atoms with Gasteiger partial charge in [0.15, 0.2) is 0 Å². The Kier molecular flexibility index (Phi) is 3.87. The van der Waals surface area contributed by atoms with E-state index in [1.807, 2.05) is 19.1 Å². The normalized spacial score (nSPS) is 16.9. The zero-order valence-electron chi connectivity index (χ0n) is 13.0. The van der Waals surface area contributed by atoms with Gasteiger partial charge in [-0.15, -0.1) is 0 Å². The summed E-state index contributed by atoms with van der Waals surface area (Å²) in [5, 5.41) is 3.04. The van der Waals surface area contributed by atoms with Crippen molar-refractivity contribution in [2.75, 3.05) is 13.7 Å². The van der Waals surface area contributed by atoms with Crippen molar-refractivity contribution in [1.82, 2.24) is 10.3 Å². The molecule has 1 aliphatic carbocycles. The molecule has 0 aromatic carbocycles. The summed E-state index contributed by atoms with van der Waals surface area (Å²) in [5.41, 5.74) is 2.45. The molecule has 1 saturated carbocycles. The van der Waals surface area contributed by atoms with E-state index in [0.29, 0.717) is 12.3 Å². The quantitative estimate of drug-likeness (QED) is 0.919. The fraction of sp³-hybridized carbons (Fsp3) is 0.625. The topological polar surface area (TPSA) is 51.2 Å². The van der Waals surface area contributed by atoms with Gasteiger partial charge in [-0.05, 0) is 36.8 Å². The van der Waals surface area contributed by atoms with Crippen LogP contribution >= 0.6 is 0 Å². The number of nitrogens with one attached hydrogen (secondary N) is 1. The third-order valence-corrected chi connectivity index (χ3v) is 3.78. The number of carbonyl (C=O) groups is 1. The minimum absolute atomic E-state index is 0.0415. The zero-order chi connectivity index (χ0) is 15.0. The number of ether oxygens (including phenoxy) is 1. The van der Waals surface area contributed by atoms with Gasteiger partial charge >= 0.3 is 0 Å². The Balaban J connectivity index is 2.14. The molecular formula is C16H24N2O2. The molecule has 1 fully saturated rings. The number of hydrogen-bond acceptors (Lipinski definition) is 3. The molecule has 0 bridgehead atoms. The highest BCUT2D eigenvalue weighted by atomic mass is 16.5. The van der Waals surface area contributed by atoms with Crippen LogP contribution in [0, 0.1) is 6.92 Å². The van der Waals surface area contributed by atoms with Gasteiger partial charge in [0.25, 0.3) is 5.91 Å². The summed E-state index contributed by atoms with van der Waals surface area (Å²) < 4.78 is 5.16. The lowest BCUT2D eigenvalue weighted by Gasteiger charge is -2.22. The van der Waals surface area contributed by atoms with Gasteiger partial charge in [-0.2, -0.15) is 0 Å². The van der Waals surface area contributed by atoms with Crippen molar-refractivity contribution in [2.24, 2.45) is 0 Å². The first-order valence-corrected chi connectivity index (χ1v) is 7.07. The number of amides is 1. The van der Waals surface area contributed by atoms with E-state index >= 15 is 0 Å². The van der Waals surface area contributed by atoms with E-state index in [-0.39, 0.29) is 16.9 Å². The van der Waals surface area contributed by atoms with Crippen LogP contribution in [0.5, 0.6) is 0 Å². The van der Waals surface area contributed by atoms with Crippen molar-refractivity contribution >= 4 is 5.91 Å². The zero-order valence-corrected chi connectivity index (χ0v) is 13.0. The van der Waals surface area contributed by atoms with Gasteiger partial charge in [-0.1, -0.05) is 26.8 Å². The van der Waals surface area contributed by atoms with Crippen LogP contribution in [0.4, 0.5) is 0 Å². The molecule has 2 rings (SSSR count). The Morgan fingerprint density at radius 2 is 2.05 bits per heavy atom. The number of pyridine rings is 1. The van der Waals surface area contributed by atoms with Crippen LogP contribution in [0.25, 0.3) is 0 Å². The number of hydrogen-bond donors (Lipinski definition) is 1. The molecule has 1 N–H and O–H groups in total. The number of methoxy groups -OCH3 is 1. The van der Waals surface area contributed by atoms with E-state index < -0.39 is 0 Å². The number of aromatic nitrogens is 1. The molecule has 0 saturated heterocycles. The first-order valence-electron chi connectivity index (χ1n) is 7.07. The molecule has 0 atom stereocenters. The molecule has 1 aliphatic rings. The summed E-state index contributed by atoms with van der Waals surface area (Å²) in [6.45, 7) is 8.97. The molecular weight excluding hydrogens is 252 g/mol. The smallest absolute Gasteiger partial charge is 0.270 e. The fourth-order valence-electron chi connectivity index (χ4n) is 2.52. The highest BCUT2D eigenvalue weighted by Gasteiger charge is 2.44. The molecule has 1 aromatic heterocycles. The molecule has 110 valence electrons. The van der Waals surface area contributed by atoms with Crippen LogP contribution in [0.3, 0.4) is 0 Å². The Morgan fingerprint density at radius 3 is 2.50 bits per heavy atom. The van der Waals surface area contributed by atoms with E-state index in [0.717, 1.165) is 18.5 Å². The first kappa shape index (κ1) is 15.0. The second kappa shape index (κ2) is 5.17. The molecule has 1 aromatic rings. The van der Waals surface area contributed by atoms with E-state index in [4.69, 9.17) is 4.74 Å². The Morgan fingerprint density at radius 1 is 1.40 bits per heavy atom. The Labute approximate surface area is 120 Å². The van der Waals surface area contributed by atoms with Crippen LogP contribution in [0.1, 0.15) is 55.4 Å². The minimum atomic E-state index is -0.163. The monoisotopic (exact) mass is 276 g/mol. The second-order valence-electron chi connectivity index (χ2n) is 6.75. The third-order valence-electron chi connectivity index (χ3n) is 3.78. The van der Waals surface area contributed by atoms with Crippen molar-refractivity contribution < 1.29 is 9.53 Å². The van der Waals surface area contributed by atoms with Gasteiger partial charge in [-0.3, -0.25) is 4.79 Å². The van der Waals surface area contributed by atoms with Crippen molar-refractivity contribution in [1.29, 1.82) is 0 Å². The Bertz CT molecular complexity index is 514. The van der Waals surface area contributed by atoms with E-state index in [1.165, 1.54) is 5.56 Å². The van der Waals surface area contributed by atoms with Crippen molar-refractivity contribution in [3.8, 4) is 0 Å². The average Bonchev–Trinajstić information content (AvgIpc) is 3.07. The SMILES string of the molecule is COCC1(NC(=O)c2ccc(C(C)(C)C)c(C)n2)CC1. The lowest BCUT2D eigenvalue weighted by atomic mass is 9.86. The summed E-state index contributed by atoms with van der Waals surface area (Å²) in [7, 11) is 1.66. The molecule has 1 heterocycles. The second-order valence-corrected chi connectivity index (χ2v) is 6.75. The lowest BCUT2D eigenvalue weighted by molar-refractivity contribution is 0.0876. The maximum atomic E-state index is 12.3. The number of rotatable bonds is 4. The van der Waals surface area contributed by atoms with E-state index in [9.17, 15) is 4.79 Å². The summed E-state index contributed by atoms with van der Waals surface area (Å²) >= 11 is 0. The summed E-state index contributed by atoms with van der Waals surface area (Å²) in [6, 6.07) is 3.82. The van der Waals surface area contributed by atoms with Crippen molar-refractivity contribution in [2.45, 2.75) is 51.5 Å². The van der Waals surface area contributed by atoms with E-state index in [1.54, 1.807) is 7.11 Å². The summed E-state index contributed by atoms with van der Waals surface area (Å²) in [6.07, 6.45) is 1.96. The minimum Gasteiger partial charge on any atom is -0.382 e. The standard InChI is InChI=1S/C16H24N2O2/c1-11-12(15(2,3)4)6-7-13(17-11)14(19)18-16(8-9-16)10-20-5/h6-7H,8-10H2,1-5H3,(H,18,19). The molecule has 4 heteroatoms. The number of carbonyl (C=O) groups excluding carboxylic acids is 1. The predicted octanol–water partition coefficient (Wildman–Crippen LogP) is 2.60. The van der Waals surface area contributed by atoms with Crippen LogP contribution in [0.2, 0.25) is 0 Å². The maximum Gasteiger partial charge on any atom is 0.270 e. The van der Waals surface area contributed by atoms with Crippen LogP contribution in [0.15, 0.2) is 12.1 Å². The largest absolute Gasteiger partial charge is 0.382 e. The molecule has 1 amide bonds. The summed E-state index contributed by atoms with van der Waals surface area (Å²) in [5.74, 6) is -0.108. The molecule has 20 heavy (non-hydrogen) atoms. The molecule has 0 spiro atoms. The third kappa shape index (κ3) is 3.18. The van der Waals surface area contributed by atoms with Gasteiger partial charge in [0, 0.05) is 12.8 Å². The Hall–Kier alpha value is -1.42. The molecule has 0 unspecified atom stereocenters.